The minimum Gasteiger partial charge on any atom is -0.461 e. The fraction of sp³-hybridized carbons (Fsp3) is 0.818. The lowest BCUT2D eigenvalue weighted by atomic mass is 9.84. The van der Waals surface area contributed by atoms with Crippen molar-refractivity contribution in [1.29, 1.82) is 0 Å². The van der Waals surface area contributed by atoms with Crippen LogP contribution < -0.4 is 0 Å². The fourth-order valence-electron chi connectivity index (χ4n) is 3.51. The van der Waals surface area contributed by atoms with Gasteiger partial charge in [-0.05, 0) is 26.2 Å². The van der Waals surface area contributed by atoms with Crippen molar-refractivity contribution in [3.05, 3.63) is 6.92 Å². The van der Waals surface area contributed by atoms with Crippen LogP contribution in [0.3, 0.4) is 0 Å². The van der Waals surface area contributed by atoms with E-state index in [4.69, 9.17) is 4.74 Å². The van der Waals surface area contributed by atoms with Crippen LogP contribution in [-0.4, -0.2) is 30.6 Å². The van der Waals surface area contributed by atoms with Crippen LogP contribution in [0, 0.1) is 12.8 Å². The average molecular weight is 365 g/mol. The van der Waals surface area contributed by atoms with Crippen LogP contribution in [0.4, 0.5) is 0 Å². The number of hydrogen-bond acceptors (Lipinski definition) is 4. The number of aliphatic imine (C=N–C) groups is 1. The van der Waals surface area contributed by atoms with Crippen LogP contribution in [0.15, 0.2) is 4.99 Å². The molecular formula is C22H38NO3. The number of hydrogen-bond donors (Lipinski definition) is 0. The molecule has 1 aliphatic carbocycles. The molecule has 0 spiro atoms. The first-order chi connectivity index (χ1) is 12.6. The molecule has 26 heavy (non-hydrogen) atoms. The molecule has 0 N–H and O–H groups in total. The maximum Gasteiger partial charge on any atom is 0.348 e. The van der Waals surface area contributed by atoms with Crippen LogP contribution in [0.1, 0.15) is 96.8 Å². The van der Waals surface area contributed by atoms with Gasteiger partial charge in [0.2, 0.25) is 0 Å². The van der Waals surface area contributed by atoms with Crippen molar-refractivity contribution < 1.29 is 14.3 Å². The van der Waals surface area contributed by atoms with E-state index in [9.17, 15) is 9.59 Å². The normalized spacial score (nSPS) is 16.7. The smallest absolute Gasteiger partial charge is 0.348 e. The van der Waals surface area contributed by atoms with Crippen molar-refractivity contribution in [2.75, 3.05) is 6.61 Å². The lowest BCUT2D eigenvalue weighted by Gasteiger charge is -2.21. The van der Waals surface area contributed by atoms with E-state index >= 15 is 0 Å². The number of carbonyl (C=O) groups excluding carboxylic acids is 2. The molecule has 0 amide bonds. The molecule has 1 atom stereocenters. The highest BCUT2D eigenvalue weighted by Gasteiger charge is 2.25. The van der Waals surface area contributed by atoms with E-state index in [0.29, 0.717) is 6.61 Å². The summed E-state index contributed by atoms with van der Waals surface area (Å²) < 4.78 is 5.15. The summed E-state index contributed by atoms with van der Waals surface area (Å²) in [5.74, 6) is -0.330. The molecule has 1 rings (SSSR count). The van der Waals surface area contributed by atoms with Crippen molar-refractivity contribution in [1.82, 2.24) is 0 Å². The van der Waals surface area contributed by atoms with Gasteiger partial charge in [-0.25, -0.2) is 4.79 Å². The lowest BCUT2D eigenvalue weighted by Crippen LogP contribution is -2.27. The molecule has 4 heteroatoms. The number of esters is 1. The largest absolute Gasteiger partial charge is 0.461 e. The van der Waals surface area contributed by atoms with Crippen LogP contribution in [0.5, 0.6) is 0 Å². The van der Waals surface area contributed by atoms with Crippen LogP contribution in [0.2, 0.25) is 0 Å². The number of rotatable bonds is 14. The zero-order valence-corrected chi connectivity index (χ0v) is 16.7. The van der Waals surface area contributed by atoms with E-state index in [1.165, 1.54) is 51.4 Å². The Labute approximate surface area is 160 Å². The number of ketones is 1. The Morgan fingerprint density at radius 3 is 2.19 bits per heavy atom. The molecule has 0 aliphatic heterocycles. The van der Waals surface area contributed by atoms with Crippen molar-refractivity contribution in [3.63, 3.8) is 0 Å². The second-order valence-electron chi connectivity index (χ2n) is 7.53. The van der Waals surface area contributed by atoms with Gasteiger partial charge in [-0.15, -0.1) is 0 Å². The third-order valence-corrected chi connectivity index (χ3v) is 5.19. The maximum absolute atomic E-state index is 12.2. The molecule has 0 aromatic heterocycles. The maximum atomic E-state index is 12.2. The Kier molecular flexibility index (Phi) is 13.1. The summed E-state index contributed by atoms with van der Waals surface area (Å²) in [6, 6.07) is -0.682. The second kappa shape index (κ2) is 14.9. The van der Waals surface area contributed by atoms with Crippen molar-refractivity contribution >= 4 is 18.0 Å². The molecule has 1 aliphatic rings. The molecule has 0 aromatic rings. The first kappa shape index (κ1) is 22.9. The van der Waals surface area contributed by atoms with Crippen molar-refractivity contribution in [2.45, 2.75) is 103 Å². The fourth-order valence-corrected chi connectivity index (χ4v) is 3.51. The summed E-state index contributed by atoms with van der Waals surface area (Å²) in [4.78, 5) is 27.9. The Morgan fingerprint density at radius 2 is 1.58 bits per heavy atom. The molecule has 0 bridgehead atoms. The summed E-state index contributed by atoms with van der Waals surface area (Å²) in [5.41, 5.74) is 0. The van der Waals surface area contributed by atoms with Crippen LogP contribution >= 0.6 is 0 Å². The Balaban J connectivity index is 2.03. The van der Waals surface area contributed by atoms with Crippen molar-refractivity contribution in [2.24, 2.45) is 10.9 Å². The Hall–Kier alpha value is -1.19. The molecule has 0 aromatic carbocycles. The molecule has 0 unspecified atom stereocenters. The van der Waals surface area contributed by atoms with E-state index in [1.54, 1.807) is 0 Å². The van der Waals surface area contributed by atoms with E-state index in [1.807, 2.05) is 0 Å². The monoisotopic (exact) mass is 364 g/mol. The number of nitrogens with zero attached hydrogens (tertiary/aromatic N) is 1. The molecule has 0 saturated heterocycles. The first-order valence-electron chi connectivity index (χ1n) is 10.7. The van der Waals surface area contributed by atoms with Gasteiger partial charge in [-0.1, -0.05) is 77.6 Å². The minimum atomic E-state index is -0.682. The molecule has 1 fully saturated rings. The predicted octanol–water partition coefficient (Wildman–Crippen LogP) is 5.48. The number of Topliss-reactive ketones (excluding diaryl/α,β-unsaturated/α-hetero) is 1. The van der Waals surface area contributed by atoms with Gasteiger partial charge in [0.05, 0.1) is 6.61 Å². The van der Waals surface area contributed by atoms with Gasteiger partial charge in [0.25, 0.3) is 0 Å². The lowest BCUT2D eigenvalue weighted by molar-refractivity contribution is -0.135. The highest BCUT2D eigenvalue weighted by molar-refractivity contribution is 6.23. The minimum absolute atomic E-state index is 0.0627. The third kappa shape index (κ3) is 10.7. The quantitative estimate of drug-likeness (QED) is 0.233. The summed E-state index contributed by atoms with van der Waals surface area (Å²) in [5, 5.41) is 0. The van der Waals surface area contributed by atoms with Gasteiger partial charge in [0.1, 0.15) is 12.3 Å². The molecule has 4 nitrogen and oxygen atoms in total. The van der Waals surface area contributed by atoms with E-state index < -0.39 is 12.0 Å². The average Bonchev–Trinajstić information content (AvgIpc) is 2.67. The van der Waals surface area contributed by atoms with Crippen molar-refractivity contribution in [3.8, 4) is 0 Å². The topological polar surface area (TPSA) is 55.7 Å². The zero-order chi connectivity index (χ0) is 19.0. The molecule has 1 radical (unpaired) electrons. The molecular weight excluding hydrogens is 326 g/mol. The van der Waals surface area contributed by atoms with Gasteiger partial charge in [0, 0.05) is 5.92 Å². The standard InChI is InChI=1S/C22H38NO3/c1-3-4-5-6-7-8-9-10-14-17-26-21(24)18-23-19(2)22(25)20-15-12-11-13-16-20/h18-20H,2-17H2,1H3/t19-/m0/s1. The second-order valence-corrected chi connectivity index (χ2v) is 7.53. The summed E-state index contributed by atoms with van der Waals surface area (Å²) in [7, 11) is 0. The summed E-state index contributed by atoms with van der Waals surface area (Å²) in [6.45, 7) is 6.45. The van der Waals surface area contributed by atoms with E-state index in [0.717, 1.165) is 44.7 Å². The Bertz CT molecular complexity index is 414. The van der Waals surface area contributed by atoms with Crippen LogP contribution in [-0.2, 0) is 14.3 Å². The van der Waals surface area contributed by atoms with E-state index in [2.05, 4.69) is 18.8 Å². The molecule has 1 saturated carbocycles. The summed E-state index contributed by atoms with van der Waals surface area (Å²) in [6.07, 6.45) is 17.5. The number of unbranched alkanes of at least 4 members (excludes halogenated alkanes) is 8. The zero-order valence-electron chi connectivity index (χ0n) is 16.7. The molecule has 0 heterocycles. The molecule has 149 valence electrons. The number of ether oxygens (including phenoxy) is 1. The van der Waals surface area contributed by atoms with E-state index in [-0.39, 0.29) is 11.7 Å². The SMILES string of the molecule is [CH2][C@H](N=CC(=O)OCCCCCCCCCCC)C(=O)C1CCCCC1. The highest BCUT2D eigenvalue weighted by Crippen LogP contribution is 2.25. The first-order valence-corrected chi connectivity index (χ1v) is 10.7. The number of carbonyl (C=O) groups is 2. The van der Waals surface area contributed by atoms with Crippen LogP contribution in [0.25, 0.3) is 0 Å². The third-order valence-electron chi connectivity index (χ3n) is 5.19. The van der Waals surface area contributed by atoms with Gasteiger partial charge < -0.3 is 4.74 Å². The predicted molar refractivity (Wildman–Crippen MR) is 107 cm³/mol. The summed E-state index contributed by atoms with van der Waals surface area (Å²) >= 11 is 0. The van der Waals surface area contributed by atoms with Gasteiger partial charge in [-0.2, -0.15) is 0 Å². The van der Waals surface area contributed by atoms with Gasteiger partial charge in [-0.3, -0.25) is 9.79 Å². The Morgan fingerprint density at radius 1 is 1.00 bits per heavy atom. The van der Waals surface area contributed by atoms with Gasteiger partial charge >= 0.3 is 5.97 Å². The van der Waals surface area contributed by atoms with Gasteiger partial charge in [0.15, 0.2) is 5.78 Å². The highest BCUT2D eigenvalue weighted by atomic mass is 16.5.